The first-order chi connectivity index (χ1) is 16.3. The maximum absolute atomic E-state index is 15.7. The monoisotopic (exact) mass is 486 g/mol. The van der Waals surface area contributed by atoms with E-state index >= 15 is 9.13 Å². The minimum absolute atomic E-state index is 0.484. The van der Waals surface area contributed by atoms with Gasteiger partial charge in [0.15, 0.2) is 14.3 Å². The Morgan fingerprint density at radius 3 is 0.971 bits per heavy atom. The molecule has 0 bridgehead atoms. The van der Waals surface area contributed by atoms with Crippen LogP contribution in [0.2, 0.25) is 0 Å². The van der Waals surface area contributed by atoms with E-state index in [2.05, 4.69) is 20.8 Å². The minimum Gasteiger partial charge on any atom is -0.313 e. The second kappa shape index (κ2) is 9.91. The van der Waals surface area contributed by atoms with Crippen LogP contribution in [0.5, 0.6) is 0 Å². The van der Waals surface area contributed by atoms with Gasteiger partial charge in [-0.2, -0.15) is 0 Å². The Hall–Kier alpha value is -2.66. The quantitative estimate of drug-likeness (QED) is 0.257. The predicted octanol–water partition coefficient (Wildman–Crippen LogP) is 6.78. The fraction of sp³-hybridized carbons (Fsp3) is 0.200. The lowest BCUT2D eigenvalue weighted by atomic mass is 9.93. The molecule has 0 unspecified atom stereocenters. The first-order valence-corrected chi connectivity index (χ1v) is 15.3. The van der Waals surface area contributed by atoms with Gasteiger partial charge in [0.2, 0.25) is 0 Å². The molecule has 0 aromatic heterocycles. The Morgan fingerprint density at radius 1 is 0.529 bits per heavy atom. The highest BCUT2D eigenvalue weighted by Gasteiger charge is 2.55. The summed E-state index contributed by atoms with van der Waals surface area (Å²) in [5, 5.41) is 2.38. The first-order valence-electron chi connectivity index (χ1n) is 11.8. The third-order valence-electron chi connectivity index (χ3n) is 6.86. The molecule has 0 saturated heterocycles. The zero-order valence-corrected chi connectivity index (χ0v) is 21.8. The minimum atomic E-state index is -3.39. The van der Waals surface area contributed by atoms with Gasteiger partial charge >= 0.3 is 0 Å². The second-order valence-electron chi connectivity index (χ2n) is 9.37. The van der Waals surface area contributed by atoms with Crippen LogP contribution in [-0.2, 0) is 9.13 Å². The van der Waals surface area contributed by atoms with Crippen molar-refractivity contribution in [2.75, 3.05) is 0 Å². The topological polar surface area (TPSA) is 34.1 Å². The molecule has 2 nitrogen and oxygen atoms in total. The number of hydrogen-bond acceptors (Lipinski definition) is 2. The van der Waals surface area contributed by atoms with Gasteiger partial charge in [0.05, 0.1) is 5.40 Å². The largest absolute Gasteiger partial charge is 0.313 e. The van der Waals surface area contributed by atoms with Gasteiger partial charge in [-0.3, -0.25) is 0 Å². The smallest absolute Gasteiger partial charge is 0.154 e. The molecule has 174 valence electrons. The normalized spacial score (nSPS) is 12.6. The molecular formula is C30H32O2P2. The van der Waals surface area contributed by atoms with Gasteiger partial charge in [0.1, 0.15) is 0 Å². The molecular weight excluding hydrogens is 454 g/mol. The highest BCUT2D eigenvalue weighted by molar-refractivity contribution is 7.95. The van der Waals surface area contributed by atoms with E-state index in [4.69, 9.17) is 0 Å². The molecule has 0 aliphatic rings. The summed E-state index contributed by atoms with van der Waals surface area (Å²) in [6.45, 7) is 6.34. The molecule has 4 aromatic rings. The lowest BCUT2D eigenvalue weighted by molar-refractivity contribution is 0.371. The molecule has 0 atom stereocenters. The molecule has 0 spiro atoms. The van der Waals surface area contributed by atoms with Crippen LogP contribution in [0.4, 0.5) is 0 Å². The third-order valence-corrected chi connectivity index (χ3v) is 15.8. The van der Waals surface area contributed by atoms with E-state index in [1.54, 1.807) is 0 Å². The van der Waals surface area contributed by atoms with Crippen molar-refractivity contribution in [3.8, 4) is 0 Å². The van der Waals surface area contributed by atoms with Gasteiger partial charge < -0.3 is 9.13 Å². The van der Waals surface area contributed by atoms with Crippen molar-refractivity contribution in [2.45, 2.75) is 32.6 Å². The second-order valence-corrected chi connectivity index (χ2v) is 15.5. The summed E-state index contributed by atoms with van der Waals surface area (Å²) < 4.78 is 31.5. The summed E-state index contributed by atoms with van der Waals surface area (Å²) in [6, 6.07) is 38.7. The molecule has 0 saturated carbocycles. The van der Waals surface area contributed by atoms with Crippen LogP contribution in [0, 0.1) is 5.41 Å². The van der Waals surface area contributed by atoms with Crippen LogP contribution in [0.3, 0.4) is 0 Å². The molecule has 34 heavy (non-hydrogen) atoms. The van der Waals surface area contributed by atoms with Crippen LogP contribution in [0.15, 0.2) is 121 Å². The third kappa shape index (κ3) is 4.26. The van der Waals surface area contributed by atoms with Gasteiger partial charge in [0.25, 0.3) is 0 Å². The highest BCUT2D eigenvalue weighted by Crippen LogP contribution is 2.71. The molecule has 4 heteroatoms. The van der Waals surface area contributed by atoms with Gasteiger partial charge in [-0.1, -0.05) is 142 Å². The van der Waals surface area contributed by atoms with E-state index in [0.717, 1.165) is 27.6 Å². The molecule has 0 N–H and O–H groups in total. The van der Waals surface area contributed by atoms with Crippen molar-refractivity contribution in [2.24, 2.45) is 5.41 Å². The fourth-order valence-corrected chi connectivity index (χ4v) is 14.8. The van der Waals surface area contributed by atoms with Crippen LogP contribution in [0.25, 0.3) is 0 Å². The lowest BCUT2D eigenvalue weighted by Gasteiger charge is -2.44. The number of hydrogen-bond donors (Lipinski definition) is 0. The van der Waals surface area contributed by atoms with E-state index in [1.165, 1.54) is 0 Å². The Bertz CT molecular complexity index is 1120. The van der Waals surface area contributed by atoms with Gasteiger partial charge in [-0.15, -0.1) is 0 Å². The van der Waals surface area contributed by atoms with Gasteiger partial charge in [0, 0.05) is 21.2 Å². The van der Waals surface area contributed by atoms with Gasteiger partial charge in [-0.25, -0.2) is 0 Å². The zero-order chi connectivity index (χ0) is 24.2. The summed E-state index contributed by atoms with van der Waals surface area (Å²) in [5.41, 5.74) is -0.484. The molecule has 4 aromatic carbocycles. The lowest BCUT2D eigenvalue weighted by Crippen LogP contribution is -2.41. The number of rotatable bonds is 8. The van der Waals surface area contributed by atoms with E-state index in [1.807, 2.05) is 121 Å². The zero-order valence-electron chi connectivity index (χ0n) is 20.0. The van der Waals surface area contributed by atoms with Gasteiger partial charge in [-0.05, 0) is 11.8 Å². The highest BCUT2D eigenvalue weighted by atomic mass is 31.2. The van der Waals surface area contributed by atoms with Crippen molar-refractivity contribution in [1.82, 2.24) is 0 Å². The predicted molar refractivity (Wildman–Crippen MR) is 147 cm³/mol. The Kier molecular flexibility index (Phi) is 7.13. The van der Waals surface area contributed by atoms with E-state index in [0.29, 0.717) is 0 Å². The molecule has 4 rings (SSSR count). The van der Waals surface area contributed by atoms with Crippen LogP contribution >= 0.6 is 14.3 Å². The molecule has 0 amide bonds. The molecule has 0 fully saturated rings. The van der Waals surface area contributed by atoms with Crippen LogP contribution < -0.4 is 21.2 Å². The van der Waals surface area contributed by atoms with E-state index < -0.39 is 25.1 Å². The first kappa shape index (κ1) is 24.5. The van der Waals surface area contributed by atoms with E-state index in [9.17, 15) is 0 Å². The van der Waals surface area contributed by atoms with Crippen LogP contribution in [-0.4, -0.2) is 5.40 Å². The summed E-state index contributed by atoms with van der Waals surface area (Å²) >= 11 is 0. The molecule has 0 heterocycles. The fourth-order valence-electron chi connectivity index (χ4n) is 4.86. The van der Waals surface area contributed by atoms with Crippen molar-refractivity contribution in [3.63, 3.8) is 0 Å². The average Bonchev–Trinajstić information content (AvgIpc) is 2.90. The maximum atomic E-state index is 15.7. The Labute approximate surface area is 203 Å². The van der Waals surface area contributed by atoms with Crippen molar-refractivity contribution < 1.29 is 9.13 Å². The van der Waals surface area contributed by atoms with E-state index in [-0.39, 0.29) is 0 Å². The SMILES string of the molecule is CCC(C)(C)C(P(=O)(c1ccccc1)c1ccccc1)P(=O)(c1ccccc1)c1ccccc1. The standard InChI is InChI=1S/C30H32O2P2/c1-4-30(2,3)29(33(31,25-17-9-5-10-18-25)26-19-11-6-12-20-26)34(32,27-21-13-7-14-22-27)28-23-15-8-16-24-28/h5-24,29H,4H2,1-3H3. The average molecular weight is 487 g/mol. The summed E-state index contributed by atoms with van der Waals surface area (Å²) in [7, 11) is -6.78. The van der Waals surface area contributed by atoms with Crippen molar-refractivity contribution in [1.29, 1.82) is 0 Å². The van der Waals surface area contributed by atoms with Crippen LogP contribution in [0.1, 0.15) is 27.2 Å². The summed E-state index contributed by atoms with van der Waals surface area (Å²) in [4.78, 5) is 0. The molecule has 0 aliphatic heterocycles. The molecule has 0 radical (unpaired) electrons. The molecule has 0 aliphatic carbocycles. The van der Waals surface area contributed by atoms with Crippen molar-refractivity contribution in [3.05, 3.63) is 121 Å². The summed E-state index contributed by atoms with van der Waals surface area (Å²) in [6.07, 6.45) is 0.741. The Balaban J connectivity index is 2.16. The van der Waals surface area contributed by atoms with Crippen molar-refractivity contribution >= 4 is 35.5 Å². The Morgan fingerprint density at radius 2 is 0.765 bits per heavy atom. The summed E-state index contributed by atoms with van der Waals surface area (Å²) in [5.74, 6) is 0. The maximum Gasteiger partial charge on any atom is 0.154 e. The number of benzene rings is 4.